The number of rotatable bonds is 19. The topological polar surface area (TPSA) is 122 Å². The number of carbonyl (C=O) groups excluding carboxylic acids is 2. The minimum absolute atomic E-state index is 0.153. The number of nitrogens with two attached hydrogens (primary N) is 2. The van der Waals surface area contributed by atoms with E-state index in [1.165, 1.54) is 5.56 Å². The number of ether oxygens (including phenoxy) is 2. The Balaban J connectivity index is 1.52. The Kier molecular flexibility index (Phi) is 15.3. The second kappa shape index (κ2) is 18.4. The summed E-state index contributed by atoms with van der Waals surface area (Å²) in [5, 5.41) is 0. The smallest absolute Gasteiger partial charge is 0.426 e. The van der Waals surface area contributed by atoms with E-state index in [2.05, 4.69) is 6.92 Å². The molecule has 0 spiro atoms. The molecule has 48 heavy (non-hydrogen) atoms. The van der Waals surface area contributed by atoms with Crippen molar-refractivity contribution >= 4 is 34.5 Å². The first kappa shape index (κ1) is 39.9. The monoisotopic (exact) mass is 720 g/mol. The van der Waals surface area contributed by atoms with E-state index >= 15 is 0 Å². The fourth-order valence-corrected chi connectivity index (χ4v) is 8.46. The summed E-state index contributed by atoms with van der Waals surface area (Å²) in [5.74, 6) is -3.77. The minimum atomic E-state index is -5.57. The summed E-state index contributed by atoms with van der Waals surface area (Å²) in [6, 6.07) is 13.2. The predicted molar refractivity (Wildman–Crippen MR) is 178 cm³/mol. The molecule has 4 N–H and O–H groups in total. The molecule has 1 aliphatic heterocycles. The molecule has 2 aromatic carbocycles. The largest absolute Gasteiger partial charge is 0.453 e. The van der Waals surface area contributed by atoms with Crippen molar-refractivity contribution in [1.82, 2.24) is 0 Å². The van der Waals surface area contributed by atoms with Gasteiger partial charge < -0.3 is 20.9 Å². The zero-order valence-corrected chi connectivity index (χ0v) is 28.8. The van der Waals surface area contributed by atoms with E-state index in [9.17, 15) is 35.8 Å². The number of unbranched alkanes of at least 4 members (excludes halogenated alkanes) is 6. The van der Waals surface area contributed by atoms with E-state index in [0.717, 1.165) is 61.2 Å². The van der Waals surface area contributed by atoms with Gasteiger partial charge in [0.2, 0.25) is 0 Å². The Labute approximate surface area is 285 Å². The maximum atomic E-state index is 13.0. The van der Waals surface area contributed by atoms with Crippen LogP contribution in [-0.2, 0) is 25.8 Å². The van der Waals surface area contributed by atoms with Crippen LogP contribution in [0.25, 0.3) is 0 Å². The molecular formula is C34H45F5N2O5S2. The molecule has 3 unspecified atom stereocenters. The molecule has 7 nitrogen and oxygen atoms in total. The number of fused-ring (bicyclic) bond motifs is 1. The lowest BCUT2D eigenvalue weighted by Crippen LogP contribution is -2.36. The lowest BCUT2D eigenvalue weighted by molar-refractivity contribution is -0.284. The van der Waals surface area contributed by atoms with Crippen LogP contribution >= 0.6 is 11.8 Å². The second-order valence-electron chi connectivity index (χ2n) is 12.3. The van der Waals surface area contributed by atoms with Gasteiger partial charge in [0.25, 0.3) is 0 Å². The highest BCUT2D eigenvalue weighted by Gasteiger charge is 2.56. The van der Waals surface area contributed by atoms with Crippen LogP contribution in [0.3, 0.4) is 0 Å². The molecule has 0 aromatic heterocycles. The molecule has 0 saturated carbocycles. The van der Waals surface area contributed by atoms with Crippen LogP contribution in [0.4, 0.5) is 22.0 Å². The average Bonchev–Trinajstić information content (AvgIpc) is 3.04. The Bertz CT molecular complexity index is 1380. The summed E-state index contributed by atoms with van der Waals surface area (Å²) in [6.07, 6.45) is -0.0473. The van der Waals surface area contributed by atoms with Gasteiger partial charge in [-0.2, -0.15) is 22.0 Å². The molecule has 0 aliphatic carbocycles. The van der Waals surface area contributed by atoms with Gasteiger partial charge in [0.05, 0.1) is 13.1 Å². The number of benzene rings is 2. The minimum Gasteiger partial charge on any atom is -0.426 e. The predicted octanol–water partition coefficient (Wildman–Crippen LogP) is 7.41. The number of alkyl halides is 5. The van der Waals surface area contributed by atoms with E-state index in [1.807, 2.05) is 24.3 Å². The van der Waals surface area contributed by atoms with E-state index in [1.54, 1.807) is 30.0 Å². The van der Waals surface area contributed by atoms with Crippen molar-refractivity contribution in [2.75, 3.05) is 30.3 Å². The molecule has 1 aliphatic rings. The highest BCUT2D eigenvalue weighted by atomic mass is 32.2. The summed E-state index contributed by atoms with van der Waals surface area (Å²) >= 11 is 1.70. The lowest BCUT2D eigenvalue weighted by Gasteiger charge is -2.43. The molecule has 0 saturated heterocycles. The van der Waals surface area contributed by atoms with E-state index < -0.39 is 47.7 Å². The van der Waals surface area contributed by atoms with Crippen LogP contribution in [-0.4, -0.2) is 58.6 Å². The SMILES string of the molecule is CC1(c2ccc(OC(=O)CN)cc2)CSc2cc(OC(=O)CN)ccc2C1CCCCCCCCCS(=O)CCCC(F)(F)C(F)(F)F. The summed E-state index contributed by atoms with van der Waals surface area (Å²) in [5.41, 5.74) is 12.8. The number of thioether (sulfide) groups is 1. The Morgan fingerprint density at radius 2 is 1.38 bits per heavy atom. The zero-order chi connectivity index (χ0) is 35.4. The van der Waals surface area contributed by atoms with Crippen molar-refractivity contribution in [2.24, 2.45) is 11.5 Å². The number of hydrogen-bond donors (Lipinski definition) is 2. The number of hydrogen-bond acceptors (Lipinski definition) is 8. The summed E-state index contributed by atoms with van der Waals surface area (Å²) in [7, 11) is -1.41. The molecule has 3 atom stereocenters. The van der Waals surface area contributed by atoms with Gasteiger partial charge >= 0.3 is 24.0 Å². The first-order valence-electron chi connectivity index (χ1n) is 16.2. The maximum Gasteiger partial charge on any atom is 0.453 e. The van der Waals surface area contributed by atoms with Gasteiger partial charge in [-0.05, 0) is 60.6 Å². The second-order valence-corrected chi connectivity index (χ2v) is 15.0. The Hall–Kier alpha value is -2.55. The van der Waals surface area contributed by atoms with Gasteiger partial charge in [-0.1, -0.05) is 63.6 Å². The van der Waals surface area contributed by atoms with Gasteiger partial charge in [0, 0.05) is 44.8 Å². The van der Waals surface area contributed by atoms with Gasteiger partial charge in [0.1, 0.15) is 11.5 Å². The van der Waals surface area contributed by atoms with Crippen molar-refractivity contribution < 1.29 is 45.2 Å². The third-order valence-corrected chi connectivity index (χ3v) is 11.5. The third kappa shape index (κ3) is 11.5. The summed E-state index contributed by atoms with van der Waals surface area (Å²) < 4.78 is 85.5. The highest BCUT2D eigenvalue weighted by molar-refractivity contribution is 7.99. The van der Waals surface area contributed by atoms with E-state index in [-0.39, 0.29) is 30.2 Å². The normalized spacial score (nSPS) is 18.6. The number of esters is 2. The van der Waals surface area contributed by atoms with Crippen LogP contribution in [0.15, 0.2) is 47.4 Å². The van der Waals surface area contributed by atoms with Crippen LogP contribution in [0.1, 0.15) is 88.2 Å². The quantitative estimate of drug-likeness (QED) is 0.0667. The molecule has 0 amide bonds. The van der Waals surface area contributed by atoms with Crippen molar-refractivity contribution in [3.05, 3.63) is 53.6 Å². The van der Waals surface area contributed by atoms with Crippen LogP contribution in [0.5, 0.6) is 11.5 Å². The molecule has 0 radical (unpaired) electrons. The van der Waals surface area contributed by atoms with Crippen molar-refractivity contribution in [2.45, 2.75) is 99.5 Å². The van der Waals surface area contributed by atoms with Crippen molar-refractivity contribution in [1.29, 1.82) is 0 Å². The standard InChI is InChI=1S/C34H45F5N2O5S2/c1-32(24-11-13-25(14-12-24)45-30(42)21-40)23-47-29-20-26(46-31(43)22-41)15-16-27(29)28(32)10-7-5-3-2-4-6-8-18-48(44)19-9-17-33(35,36)34(37,38)39/h11-16,20,28H,2-10,17-19,21-23,40-41H2,1H3. The van der Waals surface area contributed by atoms with Gasteiger partial charge in [0.15, 0.2) is 0 Å². The lowest BCUT2D eigenvalue weighted by atomic mass is 9.68. The summed E-state index contributed by atoms with van der Waals surface area (Å²) in [4.78, 5) is 24.5. The van der Waals surface area contributed by atoms with Gasteiger partial charge in [-0.15, -0.1) is 11.8 Å². The Morgan fingerprint density at radius 1 is 0.833 bits per heavy atom. The first-order valence-corrected chi connectivity index (χ1v) is 18.7. The fourth-order valence-electron chi connectivity index (χ4n) is 5.87. The van der Waals surface area contributed by atoms with E-state index in [0.29, 0.717) is 23.7 Å². The molecule has 0 bridgehead atoms. The van der Waals surface area contributed by atoms with Crippen molar-refractivity contribution in [3.63, 3.8) is 0 Å². The zero-order valence-electron chi connectivity index (χ0n) is 27.1. The van der Waals surface area contributed by atoms with Crippen LogP contribution < -0.4 is 20.9 Å². The molecule has 1 heterocycles. The average molecular weight is 721 g/mol. The summed E-state index contributed by atoms with van der Waals surface area (Å²) in [6.45, 7) is 1.82. The Morgan fingerprint density at radius 3 is 1.98 bits per heavy atom. The van der Waals surface area contributed by atoms with Crippen molar-refractivity contribution in [3.8, 4) is 11.5 Å². The molecule has 268 valence electrons. The fraction of sp³-hybridized carbons (Fsp3) is 0.588. The van der Waals surface area contributed by atoms with E-state index in [4.69, 9.17) is 20.9 Å². The number of carbonyl (C=O) groups is 2. The molecule has 2 aromatic rings. The van der Waals surface area contributed by atoms with Crippen LogP contribution in [0.2, 0.25) is 0 Å². The molecule has 14 heteroatoms. The molecule has 3 rings (SSSR count). The van der Waals surface area contributed by atoms with Gasteiger partial charge in [-0.3, -0.25) is 13.8 Å². The molecular weight excluding hydrogens is 676 g/mol. The molecule has 0 fully saturated rings. The highest BCUT2D eigenvalue weighted by Crippen LogP contribution is 2.52. The van der Waals surface area contributed by atoms with Gasteiger partial charge in [-0.25, -0.2) is 0 Å². The van der Waals surface area contributed by atoms with Crippen LogP contribution in [0, 0.1) is 0 Å². The number of halogens is 5. The first-order chi connectivity index (χ1) is 22.7. The third-order valence-electron chi connectivity index (χ3n) is 8.61. The maximum absolute atomic E-state index is 13.0.